The smallest absolute Gasteiger partial charge is 0.259 e. The molecule has 7 heteroatoms. The van der Waals surface area contributed by atoms with Crippen LogP contribution in [-0.4, -0.2) is 33.4 Å². The van der Waals surface area contributed by atoms with Gasteiger partial charge in [-0.1, -0.05) is 54.1 Å². The molecule has 0 aliphatic carbocycles. The number of hydrogen-bond donors (Lipinski definition) is 0. The normalized spacial score (nSPS) is 26.0. The van der Waals surface area contributed by atoms with Crippen LogP contribution in [0.15, 0.2) is 54.6 Å². The number of halogens is 1. The van der Waals surface area contributed by atoms with Crippen LogP contribution >= 0.6 is 11.6 Å². The Morgan fingerprint density at radius 2 is 1.64 bits per heavy atom. The van der Waals surface area contributed by atoms with Gasteiger partial charge in [-0.3, -0.25) is 19.9 Å². The molecule has 0 radical (unpaired) electrons. The standard InChI is InChI=1S/C18H16ClN3O3/c19-14-8-6-13(7-9-14)16-18(22(24)25)17(12-4-2-1-3-5-12)21-15(23)10-11-20(16)21/h1-9,16-18H,10-11H2/t16-,17-,18+/m0/s1. The van der Waals surface area contributed by atoms with Gasteiger partial charge in [0, 0.05) is 22.9 Å². The molecule has 0 unspecified atom stereocenters. The fourth-order valence-corrected chi connectivity index (χ4v) is 4.03. The zero-order chi connectivity index (χ0) is 17.6. The average molecular weight is 358 g/mol. The number of carbonyl (C=O) groups excluding carboxylic acids is 1. The number of carbonyl (C=O) groups is 1. The SMILES string of the molecule is O=C1CCN2[C@@H](c3ccc(Cl)cc3)[C@@H]([N+](=O)[O-])[C@H](c3ccccc3)N12. The molecule has 2 aromatic carbocycles. The minimum atomic E-state index is -0.937. The van der Waals surface area contributed by atoms with E-state index < -0.39 is 18.1 Å². The predicted octanol–water partition coefficient (Wildman–Crippen LogP) is 3.23. The van der Waals surface area contributed by atoms with E-state index >= 15 is 0 Å². The van der Waals surface area contributed by atoms with Crippen LogP contribution in [0.3, 0.4) is 0 Å². The molecule has 0 saturated carbocycles. The second-order valence-corrected chi connectivity index (χ2v) is 6.72. The maximum Gasteiger partial charge on any atom is 0.259 e. The summed E-state index contributed by atoms with van der Waals surface area (Å²) in [5.41, 5.74) is 1.57. The van der Waals surface area contributed by atoms with E-state index in [1.54, 1.807) is 29.3 Å². The van der Waals surface area contributed by atoms with Gasteiger partial charge in [-0.2, -0.15) is 0 Å². The molecule has 3 atom stereocenters. The summed E-state index contributed by atoms with van der Waals surface area (Å²) in [6, 6.07) is 14.3. The zero-order valence-electron chi connectivity index (χ0n) is 13.3. The maximum absolute atomic E-state index is 12.5. The van der Waals surface area contributed by atoms with Crippen LogP contribution in [0, 0.1) is 10.1 Å². The number of hydrazine groups is 1. The van der Waals surface area contributed by atoms with E-state index in [1.807, 2.05) is 35.3 Å². The first kappa shape index (κ1) is 16.1. The van der Waals surface area contributed by atoms with Crippen LogP contribution in [0.2, 0.25) is 5.02 Å². The minimum Gasteiger partial charge on any atom is -0.273 e. The van der Waals surface area contributed by atoms with Gasteiger partial charge < -0.3 is 0 Å². The van der Waals surface area contributed by atoms with Crippen LogP contribution in [0.4, 0.5) is 0 Å². The van der Waals surface area contributed by atoms with E-state index in [1.165, 1.54) is 0 Å². The molecular weight excluding hydrogens is 342 g/mol. The van der Waals surface area contributed by atoms with Gasteiger partial charge in [0.2, 0.25) is 5.91 Å². The van der Waals surface area contributed by atoms with E-state index in [0.29, 0.717) is 18.0 Å². The van der Waals surface area contributed by atoms with Crippen molar-refractivity contribution in [3.63, 3.8) is 0 Å². The van der Waals surface area contributed by atoms with Gasteiger partial charge in [0.15, 0.2) is 0 Å². The topological polar surface area (TPSA) is 66.7 Å². The molecule has 0 N–H and O–H groups in total. The predicted molar refractivity (Wildman–Crippen MR) is 92.3 cm³/mol. The van der Waals surface area contributed by atoms with Crippen LogP contribution in [0.1, 0.15) is 29.6 Å². The summed E-state index contributed by atoms with van der Waals surface area (Å²) in [5, 5.41) is 16.0. The Hall–Kier alpha value is -2.44. The Morgan fingerprint density at radius 3 is 2.28 bits per heavy atom. The first-order valence-electron chi connectivity index (χ1n) is 8.10. The van der Waals surface area contributed by atoms with E-state index in [2.05, 4.69) is 0 Å². The fraction of sp³-hybridized carbons (Fsp3) is 0.278. The van der Waals surface area contributed by atoms with Crippen molar-refractivity contribution in [3.05, 3.63) is 80.9 Å². The molecule has 6 nitrogen and oxygen atoms in total. The molecule has 1 amide bonds. The molecule has 2 aliphatic heterocycles. The lowest BCUT2D eigenvalue weighted by atomic mass is 9.91. The van der Waals surface area contributed by atoms with Crippen molar-refractivity contribution in [3.8, 4) is 0 Å². The molecular formula is C18H16ClN3O3. The first-order chi connectivity index (χ1) is 12.1. The molecule has 2 heterocycles. The third-order valence-electron chi connectivity index (χ3n) is 4.91. The summed E-state index contributed by atoms with van der Waals surface area (Å²) < 4.78 is 0. The third-order valence-corrected chi connectivity index (χ3v) is 5.17. The quantitative estimate of drug-likeness (QED) is 0.624. The monoisotopic (exact) mass is 357 g/mol. The molecule has 4 rings (SSSR count). The molecule has 2 aromatic rings. The van der Waals surface area contributed by atoms with Gasteiger partial charge >= 0.3 is 0 Å². The van der Waals surface area contributed by atoms with Gasteiger partial charge in [-0.25, -0.2) is 5.01 Å². The number of benzene rings is 2. The van der Waals surface area contributed by atoms with Crippen molar-refractivity contribution in [2.45, 2.75) is 24.5 Å². The Kier molecular flexibility index (Phi) is 3.94. The minimum absolute atomic E-state index is 0.0721. The lowest BCUT2D eigenvalue weighted by molar-refractivity contribution is -0.530. The second-order valence-electron chi connectivity index (χ2n) is 6.28. The molecule has 0 bridgehead atoms. The van der Waals surface area contributed by atoms with E-state index in [9.17, 15) is 14.9 Å². The molecule has 128 valence electrons. The van der Waals surface area contributed by atoms with E-state index in [0.717, 1.165) is 11.1 Å². The van der Waals surface area contributed by atoms with Gasteiger partial charge in [0.25, 0.3) is 6.04 Å². The zero-order valence-corrected chi connectivity index (χ0v) is 14.0. The summed E-state index contributed by atoms with van der Waals surface area (Å²) in [6.45, 7) is 0.486. The molecule has 2 aliphatic rings. The number of hydrogen-bond acceptors (Lipinski definition) is 4. The van der Waals surface area contributed by atoms with Crippen molar-refractivity contribution in [1.29, 1.82) is 0 Å². The van der Waals surface area contributed by atoms with Crippen LogP contribution in [0.5, 0.6) is 0 Å². The highest BCUT2D eigenvalue weighted by atomic mass is 35.5. The number of rotatable bonds is 3. The molecule has 0 spiro atoms. The van der Waals surface area contributed by atoms with Gasteiger partial charge in [0.1, 0.15) is 12.1 Å². The Bertz CT molecular complexity index is 812. The van der Waals surface area contributed by atoms with Gasteiger partial charge in [0.05, 0.1) is 0 Å². The van der Waals surface area contributed by atoms with Crippen LogP contribution in [0.25, 0.3) is 0 Å². The average Bonchev–Trinajstić information content (AvgIpc) is 3.15. The van der Waals surface area contributed by atoms with Gasteiger partial charge in [-0.15, -0.1) is 0 Å². The highest BCUT2D eigenvalue weighted by molar-refractivity contribution is 6.30. The summed E-state index contributed by atoms with van der Waals surface area (Å²) in [7, 11) is 0. The largest absolute Gasteiger partial charge is 0.273 e. The maximum atomic E-state index is 12.5. The van der Waals surface area contributed by atoms with Crippen molar-refractivity contribution >= 4 is 17.5 Å². The highest BCUT2D eigenvalue weighted by Gasteiger charge is 2.59. The fourth-order valence-electron chi connectivity index (χ4n) is 3.91. The van der Waals surface area contributed by atoms with Crippen LogP contribution in [-0.2, 0) is 4.79 Å². The highest BCUT2D eigenvalue weighted by Crippen LogP contribution is 2.48. The molecule has 25 heavy (non-hydrogen) atoms. The van der Waals surface area contributed by atoms with Gasteiger partial charge in [-0.05, 0) is 23.3 Å². The first-order valence-corrected chi connectivity index (χ1v) is 8.48. The number of nitro groups is 1. The van der Waals surface area contributed by atoms with E-state index in [4.69, 9.17) is 11.6 Å². The lowest BCUT2D eigenvalue weighted by Crippen LogP contribution is -2.35. The lowest BCUT2D eigenvalue weighted by Gasteiger charge is -2.26. The molecule has 2 saturated heterocycles. The molecule has 0 aromatic heterocycles. The van der Waals surface area contributed by atoms with Crippen molar-refractivity contribution < 1.29 is 9.72 Å². The number of nitrogens with zero attached hydrogens (tertiary/aromatic N) is 3. The molecule has 2 fully saturated rings. The summed E-state index contributed by atoms with van der Waals surface area (Å²) in [4.78, 5) is 24.2. The summed E-state index contributed by atoms with van der Waals surface area (Å²) in [6.07, 6.45) is 0.373. The Labute approximate surface area is 149 Å². The Morgan fingerprint density at radius 1 is 1.00 bits per heavy atom. The number of fused-ring (bicyclic) bond motifs is 1. The number of amides is 1. The summed E-state index contributed by atoms with van der Waals surface area (Å²) in [5.74, 6) is -0.0721. The summed E-state index contributed by atoms with van der Waals surface area (Å²) >= 11 is 5.96. The van der Waals surface area contributed by atoms with Crippen molar-refractivity contribution in [1.82, 2.24) is 10.0 Å². The van der Waals surface area contributed by atoms with Crippen molar-refractivity contribution in [2.24, 2.45) is 0 Å². The third kappa shape index (κ3) is 2.58. The van der Waals surface area contributed by atoms with Crippen molar-refractivity contribution in [2.75, 3.05) is 6.54 Å². The van der Waals surface area contributed by atoms with Crippen LogP contribution < -0.4 is 0 Å². The Balaban J connectivity index is 1.85. The second kappa shape index (κ2) is 6.13. The van der Waals surface area contributed by atoms with E-state index in [-0.39, 0.29) is 10.8 Å².